The van der Waals surface area contributed by atoms with E-state index in [1.54, 1.807) is 19.2 Å². The van der Waals surface area contributed by atoms with Crippen molar-refractivity contribution in [3.05, 3.63) is 29.3 Å². The summed E-state index contributed by atoms with van der Waals surface area (Å²) in [5.74, 6) is 0.610. The van der Waals surface area contributed by atoms with Crippen molar-refractivity contribution in [1.29, 1.82) is 0 Å². The van der Waals surface area contributed by atoms with E-state index in [0.29, 0.717) is 23.9 Å². The average Bonchev–Trinajstić information content (AvgIpc) is 2.45. The Morgan fingerprint density at radius 2 is 2.20 bits per heavy atom. The van der Waals surface area contributed by atoms with E-state index in [2.05, 4.69) is 5.32 Å². The van der Waals surface area contributed by atoms with Crippen LogP contribution in [0.1, 0.15) is 13.3 Å². The number of carbonyl (C=O) groups excluding carboxylic acids is 1. The summed E-state index contributed by atoms with van der Waals surface area (Å²) >= 11 is 6.03. The molecule has 0 bridgehead atoms. The van der Waals surface area contributed by atoms with Gasteiger partial charge in [0, 0.05) is 13.6 Å². The molecule has 0 aliphatic heterocycles. The maximum absolute atomic E-state index is 11.7. The molecule has 0 fully saturated rings. The first-order valence-electron chi connectivity index (χ1n) is 6.59. The van der Waals surface area contributed by atoms with Gasteiger partial charge in [-0.1, -0.05) is 30.7 Å². The lowest BCUT2D eigenvalue weighted by molar-refractivity contribution is 0.171. The molecule has 0 saturated heterocycles. The number of nitrogens with zero attached hydrogens (tertiary/aromatic N) is 1. The van der Waals surface area contributed by atoms with Crippen LogP contribution in [0.25, 0.3) is 0 Å². The minimum absolute atomic E-state index is 0.0583. The summed E-state index contributed by atoms with van der Waals surface area (Å²) in [4.78, 5) is 13.1. The zero-order chi connectivity index (χ0) is 15.0. The molecule has 2 amide bonds. The number of nitrogens with one attached hydrogen (secondary N) is 1. The predicted octanol–water partition coefficient (Wildman–Crippen LogP) is 2.13. The molecule has 1 unspecified atom stereocenters. The first kappa shape index (κ1) is 16.6. The van der Waals surface area contributed by atoms with Crippen molar-refractivity contribution >= 4 is 17.6 Å². The summed E-state index contributed by atoms with van der Waals surface area (Å²) in [7, 11) is 1.63. The van der Waals surface area contributed by atoms with Gasteiger partial charge in [-0.05, 0) is 18.6 Å². The van der Waals surface area contributed by atoms with Gasteiger partial charge in [0.1, 0.15) is 11.9 Å². The summed E-state index contributed by atoms with van der Waals surface area (Å²) in [6, 6.07) is 7.01. The van der Waals surface area contributed by atoms with Gasteiger partial charge >= 0.3 is 6.03 Å². The van der Waals surface area contributed by atoms with Crippen LogP contribution in [0.4, 0.5) is 4.79 Å². The molecule has 20 heavy (non-hydrogen) atoms. The van der Waals surface area contributed by atoms with Gasteiger partial charge in [-0.15, -0.1) is 0 Å². The number of para-hydroxylation sites is 1. The van der Waals surface area contributed by atoms with Gasteiger partial charge in [0.15, 0.2) is 0 Å². The Balaban J connectivity index is 2.48. The number of likely N-dealkylation sites (N-methyl/N-ethyl adjacent to an activating group) is 1. The number of urea groups is 1. The Morgan fingerprint density at radius 3 is 2.80 bits per heavy atom. The molecule has 6 heteroatoms. The first-order chi connectivity index (χ1) is 9.58. The van der Waals surface area contributed by atoms with Gasteiger partial charge in [0.25, 0.3) is 0 Å². The minimum Gasteiger partial charge on any atom is -0.487 e. The number of aliphatic hydroxyl groups is 1. The van der Waals surface area contributed by atoms with E-state index in [9.17, 15) is 4.79 Å². The molecule has 1 aromatic carbocycles. The van der Waals surface area contributed by atoms with Crippen LogP contribution in [0.15, 0.2) is 24.3 Å². The quantitative estimate of drug-likeness (QED) is 0.811. The number of carbonyl (C=O) groups is 1. The van der Waals surface area contributed by atoms with Crippen molar-refractivity contribution < 1.29 is 14.6 Å². The van der Waals surface area contributed by atoms with E-state index in [-0.39, 0.29) is 18.7 Å². The molecule has 0 radical (unpaired) electrons. The van der Waals surface area contributed by atoms with E-state index < -0.39 is 0 Å². The number of halogens is 1. The standard InChI is InChI=1S/C14H21ClN2O3/c1-3-11(10-16-14(19)17(2)8-9-18)20-13-7-5-4-6-12(13)15/h4-7,11,18H,3,8-10H2,1-2H3,(H,16,19). The second-order valence-corrected chi connectivity index (χ2v) is 4.82. The maximum atomic E-state index is 11.7. The Labute approximate surface area is 124 Å². The number of hydrogen-bond donors (Lipinski definition) is 2. The van der Waals surface area contributed by atoms with Crippen LogP contribution in [0, 0.1) is 0 Å². The van der Waals surface area contributed by atoms with E-state index in [1.807, 2.05) is 19.1 Å². The largest absolute Gasteiger partial charge is 0.487 e. The first-order valence-corrected chi connectivity index (χ1v) is 6.97. The summed E-state index contributed by atoms with van der Waals surface area (Å²) in [6.07, 6.45) is 0.594. The zero-order valence-electron chi connectivity index (χ0n) is 11.8. The molecule has 0 spiro atoms. The highest BCUT2D eigenvalue weighted by Gasteiger charge is 2.13. The monoisotopic (exact) mass is 300 g/mol. The van der Waals surface area contributed by atoms with Gasteiger partial charge in [0.2, 0.25) is 0 Å². The van der Waals surface area contributed by atoms with E-state index in [0.717, 1.165) is 6.42 Å². The van der Waals surface area contributed by atoms with Crippen LogP contribution < -0.4 is 10.1 Å². The van der Waals surface area contributed by atoms with Gasteiger partial charge < -0.3 is 20.1 Å². The number of aliphatic hydroxyl groups excluding tert-OH is 1. The zero-order valence-corrected chi connectivity index (χ0v) is 12.6. The van der Waals surface area contributed by atoms with Crippen LogP contribution in [0.3, 0.4) is 0 Å². The topological polar surface area (TPSA) is 61.8 Å². The highest BCUT2D eigenvalue weighted by Crippen LogP contribution is 2.24. The summed E-state index contributed by atoms with van der Waals surface area (Å²) in [5.41, 5.74) is 0. The van der Waals surface area contributed by atoms with E-state index >= 15 is 0 Å². The highest BCUT2D eigenvalue weighted by atomic mass is 35.5. The van der Waals surface area contributed by atoms with Crippen molar-refractivity contribution in [3.63, 3.8) is 0 Å². The van der Waals surface area contributed by atoms with Crippen LogP contribution in [-0.4, -0.2) is 48.9 Å². The Hall–Kier alpha value is -1.46. The minimum atomic E-state index is -0.236. The van der Waals surface area contributed by atoms with Crippen LogP contribution in [0.5, 0.6) is 5.75 Å². The lowest BCUT2D eigenvalue weighted by atomic mass is 10.2. The van der Waals surface area contributed by atoms with Crippen LogP contribution in [-0.2, 0) is 0 Å². The molecular weight excluding hydrogens is 280 g/mol. The number of rotatable bonds is 7. The van der Waals surface area contributed by atoms with Crippen LogP contribution in [0.2, 0.25) is 5.02 Å². The summed E-state index contributed by atoms with van der Waals surface area (Å²) < 4.78 is 5.77. The fourth-order valence-corrected chi connectivity index (χ4v) is 1.76. The summed E-state index contributed by atoms with van der Waals surface area (Å²) in [6.45, 7) is 2.60. The Bertz CT molecular complexity index is 429. The molecule has 1 rings (SSSR count). The molecule has 1 atom stereocenters. The molecule has 2 N–H and O–H groups in total. The van der Waals surface area contributed by atoms with Gasteiger partial charge in [-0.2, -0.15) is 0 Å². The molecule has 112 valence electrons. The predicted molar refractivity (Wildman–Crippen MR) is 79.3 cm³/mol. The van der Waals surface area contributed by atoms with Crippen molar-refractivity contribution in [1.82, 2.24) is 10.2 Å². The second kappa shape index (κ2) is 8.66. The van der Waals surface area contributed by atoms with Crippen molar-refractivity contribution in [2.24, 2.45) is 0 Å². The van der Waals surface area contributed by atoms with Crippen molar-refractivity contribution in [2.75, 3.05) is 26.7 Å². The van der Waals surface area contributed by atoms with E-state index in [4.69, 9.17) is 21.4 Å². The average molecular weight is 301 g/mol. The number of benzene rings is 1. The Kier molecular flexibility index (Phi) is 7.18. The van der Waals surface area contributed by atoms with Crippen molar-refractivity contribution in [2.45, 2.75) is 19.4 Å². The van der Waals surface area contributed by atoms with E-state index in [1.165, 1.54) is 4.90 Å². The van der Waals surface area contributed by atoms with Crippen LogP contribution >= 0.6 is 11.6 Å². The van der Waals surface area contributed by atoms with Crippen molar-refractivity contribution in [3.8, 4) is 5.75 Å². The molecule has 0 aliphatic carbocycles. The second-order valence-electron chi connectivity index (χ2n) is 4.41. The fraction of sp³-hybridized carbons (Fsp3) is 0.500. The molecule has 5 nitrogen and oxygen atoms in total. The molecule has 1 aromatic rings. The third-order valence-corrected chi connectivity index (χ3v) is 3.16. The fourth-order valence-electron chi connectivity index (χ4n) is 1.58. The third-order valence-electron chi connectivity index (χ3n) is 2.85. The normalized spacial score (nSPS) is 11.8. The molecule has 0 saturated carbocycles. The molecule has 0 heterocycles. The van der Waals surface area contributed by atoms with Gasteiger partial charge in [0.05, 0.1) is 18.2 Å². The highest BCUT2D eigenvalue weighted by molar-refractivity contribution is 6.32. The molecule has 0 aromatic heterocycles. The lowest BCUT2D eigenvalue weighted by Crippen LogP contribution is -2.43. The number of hydrogen-bond acceptors (Lipinski definition) is 3. The lowest BCUT2D eigenvalue weighted by Gasteiger charge is -2.21. The summed E-state index contributed by atoms with van der Waals surface area (Å²) in [5, 5.41) is 12.1. The third kappa shape index (κ3) is 5.27. The number of ether oxygens (including phenoxy) is 1. The number of amides is 2. The Morgan fingerprint density at radius 1 is 1.50 bits per heavy atom. The smallest absolute Gasteiger partial charge is 0.317 e. The maximum Gasteiger partial charge on any atom is 0.317 e. The van der Waals surface area contributed by atoms with Gasteiger partial charge in [-0.3, -0.25) is 0 Å². The molecular formula is C14H21ClN2O3. The molecule has 0 aliphatic rings. The van der Waals surface area contributed by atoms with Gasteiger partial charge in [-0.25, -0.2) is 4.79 Å². The SMILES string of the molecule is CCC(CNC(=O)N(C)CCO)Oc1ccccc1Cl.